The lowest BCUT2D eigenvalue weighted by atomic mass is 10.2. The SMILES string of the molecule is O=C(COc1ccc(Cl)cc1Cl)Nc1cc(-c2ccncc2)[nH]n1. The summed E-state index contributed by atoms with van der Waals surface area (Å²) in [5, 5.41) is 10.4. The predicted molar refractivity (Wildman–Crippen MR) is 92.4 cm³/mol. The third kappa shape index (κ3) is 4.04. The number of hydrogen-bond acceptors (Lipinski definition) is 4. The molecule has 0 bridgehead atoms. The minimum absolute atomic E-state index is 0.196. The Hall–Kier alpha value is -2.57. The minimum Gasteiger partial charge on any atom is -0.482 e. The number of H-pyrrole nitrogens is 1. The zero-order valence-corrected chi connectivity index (χ0v) is 13.8. The maximum Gasteiger partial charge on any atom is 0.263 e. The predicted octanol–water partition coefficient (Wildman–Crippen LogP) is 3.80. The van der Waals surface area contributed by atoms with E-state index in [2.05, 4.69) is 20.5 Å². The van der Waals surface area contributed by atoms with Gasteiger partial charge in [-0.25, -0.2) is 0 Å². The summed E-state index contributed by atoms with van der Waals surface area (Å²) in [6, 6.07) is 10.2. The number of halogens is 2. The van der Waals surface area contributed by atoms with Crippen molar-refractivity contribution < 1.29 is 9.53 Å². The van der Waals surface area contributed by atoms with Crippen molar-refractivity contribution in [1.29, 1.82) is 0 Å². The van der Waals surface area contributed by atoms with Crippen molar-refractivity contribution in [2.24, 2.45) is 0 Å². The fraction of sp³-hybridized carbons (Fsp3) is 0.0625. The number of benzene rings is 1. The Balaban J connectivity index is 1.58. The van der Waals surface area contributed by atoms with Crippen molar-refractivity contribution in [3.8, 4) is 17.0 Å². The van der Waals surface area contributed by atoms with Gasteiger partial charge in [0.2, 0.25) is 0 Å². The highest BCUT2D eigenvalue weighted by Gasteiger charge is 2.09. The number of amides is 1. The second kappa shape index (κ2) is 7.33. The molecule has 6 nitrogen and oxygen atoms in total. The number of nitrogens with zero attached hydrogens (tertiary/aromatic N) is 2. The fourth-order valence-corrected chi connectivity index (χ4v) is 2.44. The number of pyridine rings is 1. The molecule has 8 heteroatoms. The molecule has 0 spiro atoms. The van der Waals surface area contributed by atoms with E-state index in [1.165, 1.54) is 0 Å². The lowest BCUT2D eigenvalue weighted by molar-refractivity contribution is -0.118. The summed E-state index contributed by atoms with van der Waals surface area (Å²) >= 11 is 11.8. The molecule has 2 heterocycles. The highest BCUT2D eigenvalue weighted by molar-refractivity contribution is 6.35. The molecule has 122 valence electrons. The minimum atomic E-state index is -0.353. The van der Waals surface area contributed by atoms with Crippen molar-refractivity contribution in [1.82, 2.24) is 15.2 Å². The van der Waals surface area contributed by atoms with Crippen LogP contribution < -0.4 is 10.1 Å². The van der Waals surface area contributed by atoms with Crippen molar-refractivity contribution >= 4 is 34.9 Å². The van der Waals surface area contributed by atoms with Crippen LogP contribution in [0.2, 0.25) is 10.0 Å². The van der Waals surface area contributed by atoms with E-state index in [0.717, 1.165) is 11.3 Å². The zero-order valence-electron chi connectivity index (χ0n) is 12.3. The number of anilines is 1. The molecule has 0 aliphatic carbocycles. The van der Waals surface area contributed by atoms with Gasteiger partial charge in [0.25, 0.3) is 5.91 Å². The Labute approximate surface area is 147 Å². The summed E-state index contributed by atoms with van der Waals surface area (Å²) in [6.45, 7) is -0.196. The summed E-state index contributed by atoms with van der Waals surface area (Å²) in [5.41, 5.74) is 1.69. The van der Waals surface area contributed by atoms with Crippen LogP contribution in [0.3, 0.4) is 0 Å². The maximum absolute atomic E-state index is 11.9. The van der Waals surface area contributed by atoms with E-state index >= 15 is 0 Å². The Morgan fingerprint density at radius 2 is 1.96 bits per heavy atom. The van der Waals surface area contributed by atoms with Crippen LogP contribution in [0.5, 0.6) is 5.75 Å². The van der Waals surface area contributed by atoms with Crippen LogP contribution >= 0.6 is 23.2 Å². The first kappa shape index (κ1) is 16.3. The first-order valence-corrected chi connectivity index (χ1v) is 7.71. The van der Waals surface area contributed by atoms with Crippen LogP contribution in [0.25, 0.3) is 11.3 Å². The average molecular weight is 363 g/mol. The number of ether oxygens (including phenoxy) is 1. The number of hydrogen-bond donors (Lipinski definition) is 2. The molecule has 0 fully saturated rings. The van der Waals surface area contributed by atoms with Gasteiger partial charge in [0.1, 0.15) is 5.75 Å². The van der Waals surface area contributed by atoms with Gasteiger partial charge in [-0.05, 0) is 30.3 Å². The van der Waals surface area contributed by atoms with E-state index in [4.69, 9.17) is 27.9 Å². The topological polar surface area (TPSA) is 79.9 Å². The van der Waals surface area contributed by atoms with Crippen molar-refractivity contribution in [3.05, 3.63) is 58.8 Å². The monoisotopic (exact) mass is 362 g/mol. The lowest BCUT2D eigenvalue weighted by Gasteiger charge is -2.07. The zero-order chi connectivity index (χ0) is 16.9. The quantitative estimate of drug-likeness (QED) is 0.723. The maximum atomic E-state index is 11.9. The van der Waals surface area contributed by atoms with Gasteiger partial charge in [-0.3, -0.25) is 14.9 Å². The van der Waals surface area contributed by atoms with E-state index in [9.17, 15) is 4.79 Å². The Morgan fingerprint density at radius 1 is 1.17 bits per heavy atom. The molecule has 0 saturated heterocycles. The van der Waals surface area contributed by atoms with E-state index in [1.807, 2.05) is 12.1 Å². The van der Waals surface area contributed by atoms with E-state index in [-0.39, 0.29) is 12.5 Å². The van der Waals surface area contributed by atoms with Crippen molar-refractivity contribution in [2.75, 3.05) is 11.9 Å². The van der Waals surface area contributed by atoms with Crippen LogP contribution in [-0.2, 0) is 4.79 Å². The van der Waals surface area contributed by atoms with E-state index < -0.39 is 0 Å². The Morgan fingerprint density at radius 3 is 2.71 bits per heavy atom. The number of carbonyl (C=O) groups excluding carboxylic acids is 1. The van der Waals surface area contributed by atoms with Gasteiger partial charge in [0, 0.05) is 29.0 Å². The second-order valence-electron chi connectivity index (χ2n) is 4.81. The molecule has 0 atom stereocenters. The number of nitrogens with one attached hydrogen (secondary N) is 2. The number of carbonyl (C=O) groups is 1. The summed E-state index contributed by atoms with van der Waals surface area (Å²) in [5.74, 6) is 0.433. The largest absolute Gasteiger partial charge is 0.482 e. The molecule has 0 unspecified atom stereocenters. The van der Waals surface area contributed by atoms with Crippen molar-refractivity contribution in [2.45, 2.75) is 0 Å². The van der Waals surface area contributed by atoms with Gasteiger partial charge < -0.3 is 10.1 Å². The van der Waals surface area contributed by atoms with Gasteiger partial charge in [-0.2, -0.15) is 5.10 Å². The number of aromatic amines is 1. The molecule has 0 saturated carbocycles. The highest BCUT2D eigenvalue weighted by Crippen LogP contribution is 2.27. The van der Waals surface area contributed by atoms with Crippen LogP contribution in [0.4, 0.5) is 5.82 Å². The molecule has 3 rings (SSSR count). The van der Waals surface area contributed by atoms with E-state index in [1.54, 1.807) is 36.7 Å². The van der Waals surface area contributed by atoms with Gasteiger partial charge >= 0.3 is 0 Å². The third-order valence-electron chi connectivity index (χ3n) is 3.09. The standard InChI is InChI=1S/C16H12Cl2N4O2/c17-11-1-2-14(12(18)7-11)24-9-16(23)20-15-8-13(21-22-15)10-3-5-19-6-4-10/h1-8H,9H2,(H2,20,21,22,23). The molecule has 0 aliphatic rings. The lowest BCUT2D eigenvalue weighted by Crippen LogP contribution is -2.20. The first-order valence-electron chi connectivity index (χ1n) is 6.95. The second-order valence-corrected chi connectivity index (χ2v) is 5.66. The molecule has 24 heavy (non-hydrogen) atoms. The molecule has 3 aromatic rings. The first-order chi connectivity index (χ1) is 11.6. The molecule has 0 aliphatic heterocycles. The summed E-state index contributed by atoms with van der Waals surface area (Å²) in [7, 11) is 0. The van der Waals surface area contributed by atoms with Gasteiger partial charge in [0.15, 0.2) is 12.4 Å². The van der Waals surface area contributed by atoms with Gasteiger partial charge in [0.05, 0.1) is 10.7 Å². The Kier molecular flexibility index (Phi) is 4.98. The Bertz CT molecular complexity index is 852. The van der Waals surface area contributed by atoms with Crippen molar-refractivity contribution in [3.63, 3.8) is 0 Å². The highest BCUT2D eigenvalue weighted by atomic mass is 35.5. The summed E-state index contributed by atoms with van der Waals surface area (Å²) in [6.07, 6.45) is 3.36. The van der Waals surface area contributed by atoms with Gasteiger partial charge in [-0.1, -0.05) is 23.2 Å². The smallest absolute Gasteiger partial charge is 0.263 e. The van der Waals surface area contributed by atoms with Crippen LogP contribution in [0.1, 0.15) is 0 Å². The molecule has 2 N–H and O–H groups in total. The van der Waals surface area contributed by atoms with E-state index in [0.29, 0.717) is 21.6 Å². The molecule has 1 aromatic carbocycles. The molecule has 1 amide bonds. The third-order valence-corrected chi connectivity index (χ3v) is 3.62. The number of rotatable bonds is 5. The molecular formula is C16H12Cl2N4O2. The fourth-order valence-electron chi connectivity index (χ4n) is 1.98. The van der Waals surface area contributed by atoms with Crippen LogP contribution in [-0.4, -0.2) is 27.7 Å². The molecule has 2 aromatic heterocycles. The molecule has 0 radical (unpaired) electrons. The van der Waals surface area contributed by atoms with Gasteiger partial charge in [-0.15, -0.1) is 0 Å². The number of aromatic nitrogens is 3. The average Bonchev–Trinajstić information content (AvgIpc) is 3.03. The summed E-state index contributed by atoms with van der Waals surface area (Å²) < 4.78 is 5.37. The van der Waals surface area contributed by atoms with Crippen LogP contribution in [0.15, 0.2) is 48.8 Å². The molecular weight excluding hydrogens is 351 g/mol. The van der Waals surface area contributed by atoms with Crippen LogP contribution in [0, 0.1) is 0 Å². The summed E-state index contributed by atoms with van der Waals surface area (Å²) in [4.78, 5) is 15.9. The normalized spacial score (nSPS) is 10.4.